The van der Waals surface area contributed by atoms with Crippen LogP contribution in [0.15, 0.2) is 59.6 Å². The van der Waals surface area contributed by atoms with E-state index in [0.29, 0.717) is 23.7 Å². The summed E-state index contributed by atoms with van der Waals surface area (Å²) < 4.78 is 25.3. The molecular formula is C29H32ClFN4O5S. The molecule has 3 N–H and O–H groups in total. The van der Waals surface area contributed by atoms with Crippen molar-refractivity contribution in [3.63, 3.8) is 0 Å². The third kappa shape index (κ3) is 10.3. The van der Waals surface area contributed by atoms with Crippen LogP contribution in [0.25, 0.3) is 0 Å². The van der Waals surface area contributed by atoms with E-state index >= 15 is 0 Å². The van der Waals surface area contributed by atoms with Gasteiger partial charge >= 0.3 is 6.09 Å². The first kappa shape index (κ1) is 31.7. The lowest BCUT2D eigenvalue weighted by Crippen LogP contribution is -2.33. The van der Waals surface area contributed by atoms with Crippen LogP contribution in [0.4, 0.5) is 20.7 Å². The molecule has 0 bridgehead atoms. The molecule has 0 saturated heterocycles. The first-order valence-corrected chi connectivity index (χ1v) is 14.2. The highest BCUT2D eigenvalue weighted by molar-refractivity contribution is 7.99. The zero-order valence-electron chi connectivity index (χ0n) is 23.2. The molecular weight excluding hydrogens is 571 g/mol. The summed E-state index contributed by atoms with van der Waals surface area (Å²) in [6, 6.07) is 11.7. The fraction of sp³-hybridized carbons (Fsp3) is 0.310. The van der Waals surface area contributed by atoms with Crippen molar-refractivity contribution in [1.82, 2.24) is 10.3 Å². The fourth-order valence-corrected chi connectivity index (χ4v) is 4.27. The summed E-state index contributed by atoms with van der Waals surface area (Å²) in [5, 5.41) is 8.30. The SMILES string of the molecule is CCSc1ccc(C(=O)Nc2cc(F)ccc2C(=O)Nc2ccc(Cl)cn2)c(OCCCNC(=O)OC(C)(C)C)c1. The maximum atomic E-state index is 14.2. The van der Waals surface area contributed by atoms with Crippen LogP contribution in [0.2, 0.25) is 5.02 Å². The Balaban J connectivity index is 1.73. The van der Waals surface area contributed by atoms with Crippen LogP contribution in [-0.4, -0.2) is 47.4 Å². The number of benzene rings is 2. The van der Waals surface area contributed by atoms with Crippen LogP contribution < -0.4 is 20.7 Å². The Kier molecular flexibility index (Phi) is 11.4. The minimum Gasteiger partial charge on any atom is -0.493 e. The van der Waals surface area contributed by atoms with Crippen molar-refractivity contribution in [2.24, 2.45) is 0 Å². The molecule has 0 radical (unpaired) electrons. The first-order chi connectivity index (χ1) is 19.4. The summed E-state index contributed by atoms with van der Waals surface area (Å²) >= 11 is 7.42. The number of carbonyl (C=O) groups is 3. The third-order valence-electron chi connectivity index (χ3n) is 5.20. The Morgan fingerprint density at radius 1 is 1.00 bits per heavy atom. The molecule has 9 nitrogen and oxygen atoms in total. The smallest absolute Gasteiger partial charge is 0.407 e. The van der Waals surface area contributed by atoms with Crippen LogP contribution in [0.1, 0.15) is 54.8 Å². The van der Waals surface area contributed by atoms with Gasteiger partial charge in [-0.05, 0) is 81.5 Å². The lowest BCUT2D eigenvalue weighted by atomic mass is 10.1. The van der Waals surface area contributed by atoms with Gasteiger partial charge in [-0.15, -0.1) is 11.8 Å². The zero-order valence-corrected chi connectivity index (χ0v) is 24.7. The second kappa shape index (κ2) is 14.7. The van der Waals surface area contributed by atoms with E-state index in [1.54, 1.807) is 56.8 Å². The molecule has 0 saturated carbocycles. The van der Waals surface area contributed by atoms with Gasteiger partial charge in [-0.2, -0.15) is 0 Å². The number of carbonyl (C=O) groups excluding carboxylic acids is 3. The zero-order chi connectivity index (χ0) is 30.0. The summed E-state index contributed by atoms with van der Waals surface area (Å²) in [6.45, 7) is 7.85. The van der Waals surface area contributed by atoms with E-state index in [0.717, 1.165) is 22.8 Å². The molecule has 41 heavy (non-hydrogen) atoms. The predicted molar refractivity (Wildman–Crippen MR) is 159 cm³/mol. The lowest BCUT2D eigenvalue weighted by Gasteiger charge is -2.19. The molecule has 3 amide bonds. The highest BCUT2D eigenvalue weighted by atomic mass is 35.5. The number of thioether (sulfide) groups is 1. The van der Waals surface area contributed by atoms with Crippen LogP contribution in [0.5, 0.6) is 5.75 Å². The molecule has 218 valence electrons. The maximum Gasteiger partial charge on any atom is 0.407 e. The minimum atomic E-state index is -0.634. The summed E-state index contributed by atoms with van der Waals surface area (Å²) in [5.74, 6) is -0.462. The Bertz CT molecular complexity index is 1380. The van der Waals surface area contributed by atoms with Crippen molar-refractivity contribution in [1.29, 1.82) is 0 Å². The topological polar surface area (TPSA) is 119 Å². The van der Waals surface area contributed by atoms with Gasteiger partial charge in [0.2, 0.25) is 0 Å². The number of hydrogen-bond donors (Lipinski definition) is 3. The van der Waals surface area contributed by atoms with E-state index in [-0.39, 0.29) is 29.2 Å². The molecule has 3 aromatic rings. The van der Waals surface area contributed by atoms with E-state index in [1.807, 2.05) is 6.92 Å². The Morgan fingerprint density at radius 3 is 2.41 bits per heavy atom. The normalized spacial score (nSPS) is 11.0. The highest BCUT2D eigenvalue weighted by Gasteiger charge is 2.20. The molecule has 0 unspecified atom stereocenters. The monoisotopic (exact) mass is 602 g/mol. The van der Waals surface area contributed by atoms with Crippen molar-refractivity contribution in [2.45, 2.75) is 44.6 Å². The summed E-state index contributed by atoms with van der Waals surface area (Å²) in [6.07, 6.45) is 1.30. The van der Waals surface area contributed by atoms with Crippen molar-refractivity contribution >= 4 is 52.8 Å². The average molecular weight is 603 g/mol. The van der Waals surface area contributed by atoms with Gasteiger partial charge in [0.1, 0.15) is 23.0 Å². The van der Waals surface area contributed by atoms with Crippen molar-refractivity contribution in [3.05, 3.63) is 76.7 Å². The highest BCUT2D eigenvalue weighted by Crippen LogP contribution is 2.29. The summed E-state index contributed by atoms with van der Waals surface area (Å²) in [4.78, 5) is 43.0. The number of aromatic nitrogens is 1. The number of anilines is 2. The van der Waals surface area contributed by atoms with Crippen LogP contribution in [-0.2, 0) is 4.74 Å². The molecule has 1 heterocycles. The summed E-state index contributed by atoms with van der Waals surface area (Å²) in [5.41, 5.74) is -0.401. The molecule has 12 heteroatoms. The van der Waals surface area contributed by atoms with E-state index in [9.17, 15) is 18.8 Å². The third-order valence-corrected chi connectivity index (χ3v) is 6.30. The number of ether oxygens (including phenoxy) is 2. The number of pyridine rings is 1. The quantitative estimate of drug-likeness (QED) is 0.163. The molecule has 2 aromatic carbocycles. The molecule has 0 aliphatic carbocycles. The van der Waals surface area contributed by atoms with Gasteiger partial charge in [0.15, 0.2) is 0 Å². The number of nitrogens with zero attached hydrogens (tertiary/aromatic N) is 1. The van der Waals surface area contributed by atoms with Crippen molar-refractivity contribution in [2.75, 3.05) is 29.5 Å². The van der Waals surface area contributed by atoms with Gasteiger partial charge in [0.05, 0.1) is 28.4 Å². The largest absolute Gasteiger partial charge is 0.493 e. The number of nitrogens with one attached hydrogen (secondary N) is 3. The first-order valence-electron chi connectivity index (χ1n) is 12.9. The van der Waals surface area contributed by atoms with Crippen LogP contribution in [0.3, 0.4) is 0 Å². The standard InChI is InChI=1S/C29H32ClFN4O5S/c1-5-41-20-9-11-22(24(16-20)39-14-6-13-32-28(38)40-29(2,3)4)27(37)34-23-15-19(31)8-10-21(23)26(36)35-25-12-7-18(30)17-33-25/h7-12,15-17H,5-6,13-14H2,1-4H3,(H,32,38)(H,34,37)(H,33,35,36). The van der Waals surface area contributed by atoms with E-state index in [4.69, 9.17) is 21.1 Å². The van der Waals surface area contributed by atoms with Gasteiger partial charge in [-0.25, -0.2) is 14.2 Å². The van der Waals surface area contributed by atoms with Gasteiger partial charge in [0, 0.05) is 17.6 Å². The number of alkyl carbamates (subject to hydrolysis) is 1. The molecule has 0 atom stereocenters. The number of amides is 3. The Morgan fingerprint density at radius 2 is 1.73 bits per heavy atom. The second-order valence-electron chi connectivity index (χ2n) is 9.68. The van der Waals surface area contributed by atoms with E-state index in [1.165, 1.54) is 18.3 Å². The Labute approximate surface area is 247 Å². The van der Waals surface area contributed by atoms with Gasteiger partial charge < -0.3 is 25.4 Å². The predicted octanol–water partition coefficient (Wildman–Crippen LogP) is 6.78. The van der Waals surface area contributed by atoms with Gasteiger partial charge in [-0.3, -0.25) is 9.59 Å². The van der Waals surface area contributed by atoms with E-state index in [2.05, 4.69) is 20.9 Å². The fourth-order valence-electron chi connectivity index (χ4n) is 3.47. The number of hydrogen-bond acceptors (Lipinski definition) is 7. The van der Waals surface area contributed by atoms with Crippen molar-refractivity contribution in [3.8, 4) is 5.75 Å². The second-order valence-corrected chi connectivity index (χ2v) is 11.5. The molecule has 0 fully saturated rings. The number of halogens is 2. The Hall–Kier alpha value is -3.83. The molecule has 0 aliphatic rings. The molecule has 1 aromatic heterocycles. The maximum absolute atomic E-state index is 14.2. The average Bonchev–Trinajstić information content (AvgIpc) is 2.89. The van der Waals surface area contributed by atoms with Crippen molar-refractivity contribution < 1.29 is 28.2 Å². The molecule has 0 spiro atoms. The molecule has 3 rings (SSSR count). The van der Waals surface area contributed by atoms with E-state index < -0.39 is 29.3 Å². The van der Waals surface area contributed by atoms with Gasteiger partial charge in [0.25, 0.3) is 11.8 Å². The minimum absolute atomic E-state index is 0.0269. The number of rotatable bonds is 11. The summed E-state index contributed by atoms with van der Waals surface area (Å²) in [7, 11) is 0. The lowest BCUT2D eigenvalue weighted by molar-refractivity contribution is 0.0525. The molecule has 0 aliphatic heterocycles. The van der Waals surface area contributed by atoms with Gasteiger partial charge in [-0.1, -0.05) is 18.5 Å². The van der Waals surface area contributed by atoms with Crippen LogP contribution >= 0.6 is 23.4 Å². The van der Waals surface area contributed by atoms with Crippen LogP contribution in [0, 0.1) is 5.82 Å².